The molecule has 1 unspecified atom stereocenters. The topological polar surface area (TPSA) is 87.5 Å². The van der Waals surface area contributed by atoms with Gasteiger partial charge in [0, 0.05) is 28.0 Å². The number of amides is 1. The number of primary amides is 1. The van der Waals surface area contributed by atoms with Crippen LogP contribution in [0.5, 0.6) is 0 Å². The molecule has 1 amide bonds. The Morgan fingerprint density at radius 1 is 1.03 bits per heavy atom. The molecule has 2 aliphatic rings. The van der Waals surface area contributed by atoms with Crippen molar-refractivity contribution in [1.29, 1.82) is 0 Å². The highest BCUT2D eigenvalue weighted by Gasteiger charge is 2.49. The Morgan fingerprint density at radius 3 is 2.53 bits per heavy atom. The van der Waals surface area contributed by atoms with Gasteiger partial charge in [-0.2, -0.15) is 0 Å². The molecule has 4 rings (SSSR count). The highest BCUT2D eigenvalue weighted by atomic mass is 35.5. The Kier molecular flexibility index (Phi) is 5.74. The maximum atomic E-state index is 14.2. The third kappa shape index (κ3) is 3.53. The van der Waals surface area contributed by atoms with Crippen molar-refractivity contribution in [3.05, 3.63) is 100 Å². The van der Waals surface area contributed by atoms with Gasteiger partial charge >= 0.3 is 0 Å². The molecule has 6 nitrogen and oxygen atoms in total. The van der Waals surface area contributed by atoms with E-state index in [1.54, 1.807) is 67.8 Å². The first-order chi connectivity index (χ1) is 15.4. The number of nitrogens with one attached hydrogen (secondary N) is 2. The zero-order valence-electron chi connectivity index (χ0n) is 17.7. The molecule has 162 valence electrons. The number of anilines is 1. The summed E-state index contributed by atoms with van der Waals surface area (Å²) in [5, 5.41) is 6.84. The predicted octanol–water partition coefficient (Wildman–Crippen LogP) is 3.79. The molecular formula is C25H23ClN4O2. The van der Waals surface area contributed by atoms with E-state index in [4.69, 9.17) is 17.3 Å². The van der Waals surface area contributed by atoms with Gasteiger partial charge in [-0.1, -0.05) is 48.0 Å². The second-order valence-electron chi connectivity index (χ2n) is 7.70. The Hall–Kier alpha value is -3.61. The lowest BCUT2D eigenvalue weighted by atomic mass is 9.80. The normalized spacial score (nSPS) is 19.2. The second-order valence-corrected chi connectivity index (χ2v) is 8.14. The SMILES string of the molecule is CN(C)C1(C(=O)c2cccc3c2C=CC=CN3)NC=CC(c2cccc(Cl)c2)=C1C(N)=O. The number of dihydropyridines is 1. The third-order valence-electron chi connectivity index (χ3n) is 5.61. The molecule has 4 N–H and O–H groups in total. The van der Waals surface area contributed by atoms with Crippen molar-refractivity contribution in [3.63, 3.8) is 0 Å². The number of fused-ring (bicyclic) bond motifs is 1. The van der Waals surface area contributed by atoms with Gasteiger partial charge in [-0.3, -0.25) is 14.5 Å². The largest absolute Gasteiger partial charge is 0.366 e. The number of ketones is 1. The highest BCUT2D eigenvalue weighted by molar-refractivity contribution is 6.30. The number of hydrogen-bond acceptors (Lipinski definition) is 5. The van der Waals surface area contributed by atoms with Crippen LogP contribution in [0, 0.1) is 0 Å². The summed E-state index contributed by atoms with van der Waals surface area (Å²) >= 11 is 6.20. The van der Waals surface area contributed by atoms with Crippen molar-refractivity contribution in [2.24, 2.45) is 5.73 Å². The highest BCUT2D eigenvalue weighted by Crippen LogP contribution is 2.37. The van der Waals surface area contributed by atoms with Crippen molar-refractivity contribution in [2.45, 2.75) is 5.66 Å². The Balaban J connectivity index is 1.97. The number of carbonyl (C=O) groups excluding carboxylic acids is 2. The van der Waals surface area contributed by atoms with Crippen molar-refractivity contribution in [2.75, 3.05) is 19.4 Å². The molecule has 0 spiro atoms. The first kappa shape index (κ1) is 21.6. The van der Waals surface area contributed by atoms with Crippen molar-refractivity contribution in [3.8, 4) is 0 Å². The number of Topliss-reactive ketones (excluding diaryl/α,β-unsaturated/α-hetero) is 1. The standard InChI is InChI=1S/C25H23ClN4O2/c1-30(2)25(23(31)20-10-6-11-21-19(20)9-3-4-13-28-21)22(24(27)32)18(12-14-29-25)16-7-5-8-17(26)15-16/h3-15,28-29H,1-2H3,(H2,27,32). The van der Waals surface area contributed by atoms with Gasteiger partial charge in [-0.25, -0.2) is 0 Å². The maximum absolute atomic E-state index is 14.2. The van der Waals surface area contributed by atoms with Gasteiger partial charge in [0.25, 0.3) is 0 Å². The summed E-state index contributed by atoms with van der Waals surface area (Å²) in [5.74, 6) is -0.999. The van der Waals surface area contributed by atoms with E-state index in [-0.39, 0.29) is 11.4 Å². The summed E-state index contributed by atoms with van der Waals surface area (Å²) in [6.45, 7) is 0. The monoisotopic (exact) mass is 446 g/mol. The first-order valence-electron chi connectivity index (χ1n) is 10.1. The van der Waals surface area contributed by atoms with Crippen molar-refractivity contribution in [1.82, 2.24) is 10.2 Å². The maximum Gasteiger partial charge on any atom is 0.249 e. The summed E-state index contributed by atoms with van der Waals surface area (Å²) < 4.78 is 0. The third-order valence-corrected chi connectivity index (χ3v) is 5.85. The smallest absolute Gasteiger partial charge is 0.249 e. The van der Waals surface area contributed by atoms with Crippen molar-refractivity contribution >= 4 is 40.6 Å². The summed E-state index contributed by atoms with van der Waals surface area (Å²) in [6.07, 6.45) is 10.8. The number of hydrogen-bond donors (Lipinski definition) is 3. The molecule has 0 bridgehead atoms. The molecule has 0 aliphatic carbocycles. The van der Waals surface area contributed by atoms with Crippen LogP contribution in [-0.2, 0) is 4.79 Å². The van der Waals surface area contributed by atoms with E-state index in [1.807, 2.05) is 30.4 Å². The minimum Gasteiger partial charge on any atom is -0.366 e. The molecule has 7 heteroatoms. The van der Waals surface area contributed by atoms with E-state index in [0.29, 0.717) is 21.7 Å². The molecule has 32 heavy (non-hydrogen) atoms. The molecule has 2 aromatic rings. The number of nitrogens with two attached hydrogens (primary N) is 1. The van der Waals surface area contributed by atoms with Gasteiger partial charge in [0.05, 0.1) is 5.57 Å². The lowest BCUT2D eigenvalue weighted by molar-refractivity contribution is -0.115. The Morgan fingerprint density at radius 2 is 1.81 bits per heavy atom. The number of rotatable bonds is 5. The van der Waals surface area contributed by atoms with Crippen LogP contribution in [0.25, 0.3) is 11.6 Å². The minimum atomic E-state index is -1.51. The zero-order chi connectivity index (χ0) is 22.9. The molecule has 2 heterocycles. The fourth-order valence-corrected chi connectivity index (χ4v) is 4.34. The molecule has 2 aliphatic heterocycles. The van der Waals surface area contributed by atoms with Crippen molar-refractivity contribution < 1.29 is 9.59 Å². The van der Waals surface area contributed by atoms with Crippen LogP contribution < -0.4 is 16.4 Å². The fraction of sp³-hybridized carbons (Fsp3) is 0.120. The molecular weight excluding hydrogens is 424 g/mol. The number of likely N-dealkylation sites (N-methyl/N-ethyl adjacent to an activating group) is 1. The van der Waals surface area contributed by atoms with Gasteiger partial charge in [0.1, 0.15) is 0 Å². The summed E-state index contributed by atoms with van der Waals surface area (Å²) in [6, 6.07) is 12.6. The summed E-state index contributed by atoms with van der Waals surface area (Å²) in [7, 11) is 3.47. The van der Waals surface area contributed by atoms with E-state index in [0.717, 1.165) is 11.3 Å². The lowest BCUT2D eigenvalue weighted by Gasteiger charge is -2.42. The quantitative estimate of drug-likeness (QED) is 0.608. The zero-order valence-corrected chi connectivity index (χ0v) is 18.5. The van der Waals surface area contributed by atoms with Crippen LogP contribution in [0.2, 0.25) is 5.02 Å². The second kappa shape index (κ2) is 8.49. The fourth-order valence-electron chi connectivity index (χ4n) is 4.15. The van der Waals surface area contributed by atoms with Crippen LogP contribution >= 0.6 is 11.6 Å². The molecule has 2 aromatic carbocycles. The van der Waals surface area contributed by atoms with E-state index in [2.05, 4.69) is 10.6 Å². The molecule has 1 atom stereocenters. The van der Waals surface area contributed by atoms with Gasteiger partial charge in [0.15, 0.2) is 5.66 Å². The summed E-state index contributed by atoms with van der Waals surface area (Å²) in [4.78, 5) is 28.8. The van der Waals surface area contributed by atoms with Crippen LogP contribution in [0.1, 0.15) is 21.5 Å². The van der Waals surface area contributed by atoms with E-state index in [9.17, 15) is 9.59 Å². The van der Waals surface area contributed by atoms with Gasteiger partial charge in [-0.15, -0.1) is 0 Å². The van der Waals surface area contributed by atoms with Gasteiger partial charge in [-0.05, 0) is 61.8 Å². The average Bonchev–Trinajstić information content (AvgIpc) is 3.03. The number of nitrogens with zero attached hydrogens (tertiary/aromatic N) is 1. The van der Waals surface area contributed by atoms with Gasteiger partial charge in [0.2, 0.25) is 11.7 Å². The van der Waals surface area contributed by atoms with Crippen LogP contribution in [0.15, 0.2) is 78.7 Å². The van der Waals surface area contributed by atoms with E-state index in [1.165, 1.54) is 0 Å². The molecule has 0 fully saturated rings. The van der Waals surface area contributed by atoms with E-state index < -0.39 is 11.6 Å². The predicted molar refractivity (Wildman–Crippen MR) is 129 cm³/mol. The van der Waals surface area contributed by atoms with E-state index >= 15 is 0 Å². The first-order valence-corrected chi connectivity index (χ1v) is 10.4. The molecule has 0 saturated carbocycles. The van der Waals surface area contributed by atoms with Crippen LogP contribution in [0.4, 0.5) is 5.69 Å². The Bertz CT molecular complexity index is 1230. The lowest BCUT2D eigenvalue weighted by Crippen LogP contribution is -2.64. The molecule has 0 aromatic heterocycles. The molecule has 0 radical (unpaired) electrons. The number of allylic oxidation sites excluding steroid dienone is 4. The number of halogens is 1. The number of benzene rings is 2. The summed E-state index contributed by atoms with van der Waals surface area (Å²) in [5.41, 5.74) is 7.76. The van der Waals surface area contributed by atoms with Crippen LogP contribution in [-0.4, -0.2) is 36.3 Å². The Labute approximate surface area is 191 Å². The average molecular weight is 447 g/mol. The van der Waals surface area contributed by atoms with Crippen LogP contribution in [0.3, 0.4) is 0 Å². The minimum absolute atomic E-state index is 0.151. The van der Waals surface area contributed by atoms with Gasteiger partial charge < -0.3 is 16.4 Å². The number of carbonyl (C=O) groups is 2. The molecule has 0 saturated heterocycles.